The summed E-state index contributed by atoms with van der Waals surface area (Å²) in [5.74, 6) is 0. The van der Waals surface area contributed by atoms with Crippen LogP contribution in [0, 0.1) is 0 Å². The molecule has 0 atom stereocenters. The predicted molar refractivity (Wildman–Crippen MR) is 163 cm³/mol. The molecular weight excluding hydrogens is 470 g/mol. The smallest absolute Gasteiger partial charge is 0.143 e. The van der Waals surface area contributed by atoms with E-state index in [2.05, 4.69) is 115 Å². The molecule has 0 bridgehead atoms. The number of benzene rings is 5. The predicted octanol–water partition coefficient (Wildman–Crippen LogP) is 11.0. The van der Waals surface area contributed by atoms with Gasteiger partial charge in [-0.15, -0.1) is 17.9 Å². The van der Waals surface area contributed by atoms with E-state index in [0.717, 1.165) is 45.1 Å². The second-order valence-electron chi connectivity index (χ2n) is 9.00. The first kappa shape index (κ1) is 23.1. The fraction of sp³-hybridized carbons (Fsp3) is 0.0588. The number of nitrogens with one attached hydrogen (secondary N) is 1. The summed E-state index contributed by atoms with van der Waals surface area (Å²) >= 11 is 1.83. The van der Waals surface area contributed by atoms with Gasteiger partial charge >= 0.3 is 0 Å². The number of thiophene rings is 1. The maximum atomic E-state index is 6.32. The van der Waals surface area contributed by atoms with Crippen molar-refractivity contribution in [2.45, 2.75) is 13.3 Å². The van der Waals surface area contributed by atoms with E-state index in [1.807, 2.05) is 30.4 Å². The SMILES string of the molecule is C=CC/C=C\C.c1ccc2c(c1)ccc1c3ccc(Nc4ccc5c(c4)sc4ccccc45)cc3oc21. The molecule has 2 heterocycles. The number of hydrogen-bond acceptors (Lipinski definition) is 3. The van der Waals surface area contributed by atoms with Gasteiger partial charge in [0.25, 0.3) is 0 Å². The van der Waals surface area contributed by atoms with Crippen LogP contribution >= 0.6 is 11.3 Å². The minimum absolute atomic E-state index is 0.902. The average molecular weight is 498 g/mol. The maximum Gasteiger partial charge on any atom is 0.143 e. The molecule has 0 saturated carbocycles. The Bertz CT molecular complexity index is 1920. The van der Waals surface area contributed by atoms with Crippen molar-refractivity contribution in [1.82, 2.24) is 0 Å². The third kappa shape index (κ3) is 4.39. The molecule has 0 radical (unpaired) electrons. The van der Waals surface area contributed by atoms with Crippen molar-refractivity contribution in [1.29, 1.82) is 0 Å². The van der Waals surface area contributed by atoms with Crippen LogP contribution in [0.1, 0.15) is 13.3 Å². The highest BCUT2D eigenvalue weighted by Crippen LogP contribution is 2.37. The molecule has 0 spiro atoms. The van der Waals surface area contributed by atoms with E-state index >= 15 is 0 Å². The number of rotatable bonds is 4. The van der Waals surface area contributed by atoms with E-state index in [0.29, 0.717) is 0 Å². The molecular formula is C34H27NOS. The fourth-order valence-electron chi connectivity index (χ4n) is 4.78. The molecule has 37 heavy (non-hydrogen) atoms. The molecule has 0 amide bonds. The summed E-state index contributed by atoms with van der Waals surface area (Å²) < 4.78 is 8.93. The maximum absolute atomic E-state index is 6.32. The summed E-state index contributed by atoms with van der Waals surface area (Å²) in [7, 11) is 0. The lowest BCUT2D eigenvalue weighted by molar-refractivity contribution is 0.673. The summed E-state index contributed by atoms with van der Waals surface area (Å²) in [6.45, 7) is 5.55. The highest BCUT2D eigenvalue weighted by Gasteiger charge is 2.11. The average Bonchev–Trinajstić information content (AvgIpc) is 3.50. The zero-order valence-electron chi connectivity index (χ0n) is 20.7. The Morgan fingerprint density at radius 2 is 1.43 bits per heavy atom. The Morgan fingerprint density at radius 1 is 0.730 bits per heavy atom. The Balaban J connectivity index is 0.000000380. The van der Waals surface area contributed by atoms with Crippen LogP contribution in [0.5, 0.6) is 0 Å². The zero-order valence-corrected chi connectivity index (χ0v) is 21.5. The van der Waals surface area contributed by atoms with E-state index in [1.54, 1.807) is 0 Å². The quantitative estimate of drug-likeness (QED) is 0.245. The Hall–Kier alpha value is -4.34. The van der Waals surface area contributed by atoms with Gasteiger partial charge in [0.2, 0.25) is 0 Å². The molecule has 3 heteroatoms. The standard InChI is InChI=1S/C28H17NOS.C6H10/c1-2-6-20-17(5-1)9-12-24-21-13-10-18(15-25(21)30-28(20)24)29-19-11-14-23-22-7-3-4-8-26(22)31-27(23)16-19;1-3-5-6-4-2/h1-16,29H;3-4,6H,1,5H2,2H3/b;6-4-. The van der Waals surface area contributed by atoms with Crippen LogP contribution in [-0.4, -0.2) is 0 Å². The number of anilines is 2. The lowest BCUT2D eigenvalue weighted by atomic mass is 10.1. The molecule has 7 aromatic rings. The van der Waals surface area contributed by atoms with Crippen LogP contribution in [0.3, 0.4) is 0 Å². The van der Waals surface area contributed by atoms with Crippen molar-refractivity contribution in [3.8, 4) is 0 Å². The van der Waals surface area contributed by atoms with Crippen molar-refractivity contribution in [3.63, 3.8) is 0 Å². The normalized spacial score (nSPS) is 11.5. The number of hydrogen-bond donors (Lipinski definition) is 1. The highest BCUT2D eigenvalue weighted by atomic mass is 32.1. The van der Waals surface area contributed by atoms with Gasteiger partial charge < -0.3 is 9.73 Å². The fourth-order valence-corrected chi connectivity index (χ4v) is 5.93. The molecule has 0 aliphatic heterocycles. The first-order valence-electron chi connectivity index (χ1n) is 12.5. The third-order valence-electron chi connectivity index (χ3n) is 6.57. The summed E-state index contributed by atoms with van der Waals surface area (Å²) in [6.07, 6.45) is 6.95. The van der Waals surface area contributed by atoms with Crippen LogP contribution in [0.15, 0.2) is 126 Å². The van der Waals surface area contributed by atoms with Crippen LogP contribution in [0.25, 0.3) is 52.9 Å². The van der Waals surface area contributed by atoms with Crippen molar-refractivity contribution >= 4 is 75.6 Å². The van der Waals surface area contributed by atoms with Gasteiger partial charge in [-0.3, -0.25) is 0 Å². The van der Waals surface area contributed by atoms with Gasteiger partial charge in [0.1, 0.15) is 11.2 Å². The van der Waals surface area contributed by atoms with E-state index < -0.39 is 0 Å². The van der Waals surface area contributed by atoms with Gasteiger partial charge in [0.15, 0.2) is 0 Å². The van der Waals surface area contributed by atoms with E-state index in [4.69, 9.17) is 4.42 Å². The number of fused-ring (bicyclic) bond motifs is 8. The third-order valence-corrected chi connectivity index (χ3v) is 7.70. The summed E-state index contributed by atoms with van der Waals surface area (Å²) in [5, 5.41) is 10.9. The van der Waals surface area contributed by atoms with Crippen molar-refractivity contribution in [2.24, 2.45) is 0 Å². The van der Waals surface area contributed by atoms with Gasteiger partial charge in [0, 0.05) is 53.8 Å². The molecule has 0 fully saturated rings. The number of furan rings is 1. The minimum Gasteiger partial charge on any atom is -0.455 e. The molecule has 2 nitrogen and oxygen atoms in total. The van der Waals surface area contributed by atoms with Gasteiger partial charge in [-0.2, -0.15) is 0 Å². The topological polar surface area (TPSA) is 25.2 Å². The van der Waals surface area contributed by atoms with Gasteiger partial charge in [-0.25, -0.2) is 0 Å². The molecule has 0 aliphatic rings. The second-order valence-corrected chi connectivity index (χ2v) is 10.1. The lowest BCUT2D eigenvalue weighted by Gasteiger charge is -2.06. The molecule has 0 aliphatic carbocycles. The molecule has 180 valence electrons. The lowest BCUT2D eigenvalue weighted by Crippen LogP contribution is -1.89. The van der Waals surface area contributed by atoms with Crippen LogP contribution in [0.2, 0.25) is 0 Å². The highest BCUT2D eigenvalue weighted by molar-refractivity contribution is 7.25. The minimum atomic E-state index is 0.902. The van der Waals surface area contributed by atoms with E-state index in [1.165, 1.54) is 25.6 Å². The second kappa shape index (κ2) is 9.96. The Kier molecular flexibility index (Phi) is 6.21. The summed E-state index contributed by atoms with van der Waals surface area (Å²) in [6, 6.07) is 34.2. The van der Waals surface area contributed by atoms with Gasteiger partial charge in [-0.05, 0) is 55.1 Å². The summed E-state index contributed by atoms with van der Waals surface area (Å²) in [5.41, 5.74) is 3.97. The van der Waals surface area contributed by atoms with Gasteiger partial charge in [-0.1, -0.05) is 72.8 Å². The monoisotopic (exact) mass is 497 g/mol. The molecule has 0 saturated heterocycles. The first-order chi connectivity index (χ1) is 18.2. The Morgan fingerprint density at radius 3 is 2.24 bits per heavy atom. The molecule has 0 unspecified atom stereocenters. The van der Waals surface area contributed by atoms with Crippen LogP contribution in [0.4, 0.5) is 11.4 Å². The van der Waals surface area contributed by atoms with Gasteiger partial charge in [0.05, 0.1) is 0 Å². The summed E-state index contributed by atoms with van der Waals surface area (Å²) in [4.78, 5) is 0. The van der Waals surface area contributed by atoms with Crippen LogP contribution < -0.4 is 5.32 Å². The molecule has 5 aromatic carbocycles. The van der Waals surface area contributed by atoms with Crippen molar-refractivity contribution in [2.75, 3.05) is 5.32 Å². The van der Waals surface area contributed by atoms with Crippen molar-refractivity contribution in [3.05, 3.63) is 122 Å². The van der Waals surface area contributed by atoms with E-state index in [9.17, 15) is 0 Å². The first-order valence-corrected chi connectivity index (χ1v) is 13.3. The molecule has 7 rings (SSSR count). The van der Waals surface area contributed by atoms with Crippen LogP contribution in [-0.2, 0) is 0 Å². The zero-order chi connectivity index (χ0) is 25.2. The number of allylic oxidation sites excluding steroid dienone is 3. The largest absolute Gasteiger partial charge is 0.455 e. The Labute approximate surface area is 220 Å². The van der Waals surface area contributed by atoms with E-state index in [-0.39, 0.29) is 0 Å². The van der Waals surface area contributed by atoms with Crippen molar-refractivity contribution < 1.29 is 4.42 Å². The molecule has 1 N–H and O–H groups in total. The molecule has 2 aromatic heterocycles.